The Morgan fingerprint density at radius 2 is 2.12 bits per heavy atom. The van der Waals surface area contributed by atoms with Crippen molar-refractivity contribution in [2.24, 2.45) is 0 Å². The molecule has 0 aliphatic carbocycles. The van der Waals surface area contributed by atoms with Crippen molar-refractivity contribution in [3.8, 4) is 5.75 Å². The Bertz CT molecular complexity index is 572. The van der Waals surface area contributed by atoms with Gasteiger partial charge >= 0.3 is 0 Å². The van der Waals surface area contributed by atoms with E-state index in [9.17, 15) is 4.79 Å². The van der Waals surface area contributed by atoms with Crippen LogP contribution in [0.2, 0.25) is 0 Å². The van der Waals surface area contributed by atoms with Gasteiger partial charge < -0.3 is 9.72 Å². The first kappa shape index (κ1) is 11.2. The largest absolute Gasteiger partial charge is 0.495 e. The molecule has 1 aromatic carbocycles. The van der Waals surface area contributed by atoms with Crippen LogP contribution in [0.25, 0.3) is 10.9 Å². The molecule has 0 fully saturated rings. The minimum Gasteiger partial charge on any atom is -0.495 e. The Morgan fingerprint density at radius 1 is 1.44 bits per heavy atom. The van der Waals surface area contributed by atoms with E-state index in [1.807, 2.05) is 19.1 Å². The summed E-state index contributed by atoms with van der Waals surface area (Å²) in [6.07, 6.45) is 0. The van der Waals surface area contributed by atoms with E-state index in [2.05, 4.69) is 20.9 Å². The number of methoxy groups -OCH3 is 1. The van der Waals surface area contributed by atoms with Gasteiger partial charge in [0.05, 0.1) is 17.1 Å². The molecule has 0 unspecified atom stereocenters. The Morgan fingerprint density at radius 3 is 2.69 bits per heavy atom. The van der Waals surface area contributed by atoms with Crippen LogP contribution in [0, 0.1) is 6.92 Å². The van der Waals surface area contributed by atoms with Crippen LogP contribution in [0.1, 0.15) is 23.0 Å². The van der Waals surface area contributed by atoms with Crippen molar-refractivity contribution in [3.63, 3.8) is 0 Å². The summed E-state index contributed by atoms with van der Waals surface area (Å²) in [7, 11) is 1.62. The maximum absolute atomic E-state index is 11.5. The van der Waals surface area contributed by atoms with E-state index in [4.69, 9.17) is 4.74 Å². The normalized spacial score (nSPS) is 10.8. The van der Waals surface area contributed by atoms with Gasteiger partial charge in [0.25, 0.3) is 0 Å². The molecule has 0 radical (unpaired) electrons. The smallest absolute Gasteiger partial charge is 0.162 e. The van der Waals surface area contributed by atoms with Crippen LogP contribution in [0.5, 0.6) is 5.75 Å². The summed E-state index contributed by atoms with van der Waals surface area (Å²) in [5, 5.41) is 0.928. The number of Topliss-reactive ketones (excluding diaryl/α,β-unsaturated/α-hetero) is 1. The van der Waals surface area contributed by atoms with E-state index in [1.165, 1.54) is 0 Å². The van der Waals surface area contributed by atoms with E-state index in [0.717, 1.165) is 32.4 Å². The lowest BCUT2D eigenvalue weighted by atomic mass is 10.1. The lowest BCUT2D eigenvalue weighted by molar-refractivity contribution is 0.101. The zero-order chi connectivity index (χ0) is 11.9. The zero-order valence-electron chi connectivity index (χ0n) is 9.35. The number of fused-ring (bicyclic) bond motifs is 1. The van der Waals surface area contributed by atoms with Crippen LogP contribution in [0.3, 0.4) is 0 Å². The summed E-state index contributed by atoms with van der Waals surface area (Å²) in [6.45, 7) is 3.48. The SMILES string of the molecule is COc1cc2[nH]c(C)c(C(C)=O)c2cc1Br. The molecule has 0 aliphatic rings. The molecule has 16 heavy (non-hydrogen) atoms. The van der Waals surface area contributed by atoms with Gasteiger partial charge in [0.15, 0.2) is 5.78 Å². The average molecular weight is 282 g/mol. The molecular weight excluding hydrogens is 270 g/mol. The van der Waals surface area contributed by atoms with Crippen molar-refractivity contribution in [1.29, 1.82) is 0 Å². The molecule has 4 heteroatoms. The number of carbonyl (C=O) groups excluding carboxylic acids is 1. The highest BCUT2D eigenvalue weighted by atomic mass is 79.9. The van der Waals surface area contributed by atoms with Crippen LogP contribution in [0.15, 0.2) is 16.6 Å². The van der Waals surface area contributed by atoms with Crippen LogP contribution in [-0.4, -0.2) is 17.9 Å². The maximum Gasteiger partial charge on any atom is 0.162 e. The number of hydrogen-bond donors (Lipinski definition) is 1. The summed E-state index contributed by atoms with van der Waals surface area (Å²) in [4.78, 5) is 14.7. The minimum absolute atomic E-state index is 0.0702. The third-order valence-electron chi connectivity index (χ3n) is 2.61. The van der Waals surface area contributed by atoms with Crippen molar-refractivity contribution in [3.05, 3.63) is 27.9 Å². The monoisotopic (exact) mass is 281 g/mol. The van der Waals surface area contributed by atoms with Gasteiger partial charge in [-0.3, -0.25) is 4.79 Å². The van der Waals surface area contributed by atoms with Crippen LogP contribution >= 0.6 is 15.9 Å². The topological polar surface area (TPSA) is 42.1 Å². The number of ether oxygens (including phenoxy) is 1. The van der Waals surface area contributed by atoms with Gasteiger partial charge in [-0.1, -0.05) is 0 Å². The molecular formula is C12H12BrNO2. The molecule has 0 bridgehead atoms. The molecule has 0 amide bonds. The van der Waals surface area contributed by atoms with Crippen molar-refractivity contribution in [2.45, 2.75) is 13.8 Å². The number of aromatic amines is 1. The Labute approximate surface area is 102 Å². The van der Waals surface area contributed by atoms with E-state index in [1.54, 1.807) is 14.0 Å². The van der Waals surface area contributed by atoms with E-state index < -0.39 is 0 Å². The molecule has 0 aliphatic heterocycles. The average Bonchev–Trinajstić information content (AvgIpc) is 2.51. The molecule has 0 saturated carbocycles. The fourth-order valence-electron chi connectivity index (χ4n) is 1.94. The van der Waals surface area contributed by atoms with Crippen LogP contribution in [0.4, 0.5) is 0 Å². The lowest BCUT2D eigenvalue weighted by Gasteiger charge is -2.03. The summed E-state index contributed by atoms with van der Waals surface area (Å²) in [6, 6.07) is 3.80. The third kappa shape index (κ3) is 1.63. The molecule has 2 aromatic rings. The van der Waals surface area contributed by atoms with Gasteiger partial charge in [0.1, 0.15) is 5.75 Å². The molecule has 0 atom stereocenters. The quantitative estimate of drug-likeness (QED) is 0.857. The van der Waals surface area contributed by atoms with Crippen molar-refractivity contribution < 1.29 is 9.53 Å². The summed E-state index contributed by atoms with van der Waals surface area (Å²) in [5.74, 6) is 0.824. The van der Waals surface area contributed by atoms with Crippen LogP contribution in [-0.2, 0) is 0 Å². The predicted molar refractivity (Wildman–Crippen MR) is 67.3 cm³/mol. The molecule has 2 rings (SSSR count). The number of benzene rings is 1. The predicted octanol–water partition coefficient (Wildman–Crippen LogP) is 3.45. The molecule has 0 saturated heterocycles. The zero-order valence-corrected chi connectivity index (χ0v) is 10.9. The van der Waals surface area contributed by atoms with Gasteiger partial charge in [0.2, 0.25) is 0 Å². The molecule has 1 N–H and O–H groups in total. The van der Waals surface area contributed by atoms with Gasteiger partial charge in [-0.2, -0.15) is 0 Å². The van der Waals surface area contributed by atoms with E-state index >= 15 is 0 Å². The number of aromatic nitrogens is 1. The highest BCUT2D eigenvalue weighted by Crippen LogP contribution is 2.32. The fourth-order valence-corrected chi connectivity index (χ4v) is 2.45. The number of hydrogen-bond acceptors (Lipinski definition) is 2. The molecule has 1 aromatic heterocycles. The Balaban J connectivity index is 2.81. The first-order valence-corrected chi connectivity index (χ1v) is 5.70. The number of halogens is 1. The number of carbonyl (C=O) groups is 1. The summed E-state index contributed by atoms with van der Waals surface area (Å²) in [5.41, 5.74) is 2.56. The first-order valence-electron chi connectivity index (χ1n) is 4.91. The minimum atomic E-state index is 0.0702. The third-order valence-corrected chi connectivity index (χ3v) is 3.23. The maximum atomic E-state index is 11.5. The van der Waals surface area contributed by atoms with Crippen molar-refractivity contribution in [1.82, 2.24) is 4.98 Å². The number of rotatable bonds is 2. The highest BCUT2D eigenvalue weighted by molar-refractivity contribution is 9.10. The van der Waals surface area contributed by atoms with Gasteiger partial charge in [-0.05, 0) is 35.8 Å². The first-order chi connectivity index (χ1) is 7.54. The van der Waals surface area contributed by atoms with Crippen molar-refractivity contribution >= 4 is 32.6 Å². The van der Waals surface area contributed by atoms with Gasteiger partial charge in [0, 0.05) is 22.7 Å². The molecule has 0 spiro atoms. The van der Waals surface area contributed by atoms with Crippen LogP contribution < -0.4 is 4.74 Å². The fraction of sp³-hybridized carbons (Fsp3) is 0.250. The van der Waals surface area contributed by atoms with Crippen molar-refractivity contribution in [2.75, 3.05) is 7.11 Å². The Hall–Kier alpha value is -1.29. The lowest BCUT2D eigenvalue weighted by Crippen LogP contribution is -1.93. The highest BCUT2D eigenvalue weighted by Gasteiger charge is 2.14. The molecule has 3 nitrogen and oxygen atoms in total. The number of nitrogens with one attached hydrogen (secondary N) is 1. The number of ketones is 1. The van der Waals surface area contributed by atoms with Gasteiger partial charge in [-0.15, -0.1) is 0 Å². The second kappa shape index (κ2) is 3.94. The van der Waals surface area contributed by atoms with Gasteiger partial charge in [-0.25, -0.2) is 0 Å². The number of H-pyrrole nitrogens is 1. The van der Waals surface area contributed by atoms with E-state index in [0.29, 0.717) is 0 Å². The molecule has 1 heterocycles. The standard InChI is InChI=1S/C12H12BrNO2/c1-6-12(7(2)15)8-4-9(13)11(16-3)5-10(8)14-6/h4-5,14H,1-3H3. The Kier molecular flexibility index (Phi) is 2.76. The second-order valence-electron chi connectivity index (χ2n) is 3.71. The summed E-state index contributed by atoms with van der Waals surface area (Å²) >= 11 is 3.42. The number of aryl methyl sites for hydroxylation is 1. The second-order valence-corrected chi connectivity index (χ2v) is 4.57. The van der Waals surface area contributed by atoms with E-state index in [-0.39, 0.29) is 5.78 Å². The molecule has 84 valence electrons. The summed E-state index contributed by atoms with van der Waals surface area (Å²) < 4.78 is 6.06.